The highest BCUT2D eigenvalue weighted by molar-refractivity contribution is 6.30. The number of nitrogens with one attached hydrogen (secondary N) is 1. The fourth-order valence-electron chi connectivity index (χ4n) is 1.66. The molecule has 0 aliphatic heterocycles. The third-order valence-electron chi connectivity index (χ3n) is 2.72. The van der Waals surface area contributed by atoms with E-state index in [1.54, 1.807) is 31.4 Å². The number of benzene rings is 2. The van der Waals surface area contributed by atoms with Crippen LogP contribution in [0.1, 0.15) is 5.56 Å². The topological polar surface area (TPSA) is 59.9 Å². The van der Waals surface area contributed by atoms with E-state index in [0.717, 1.165) is 5.56 Å². The van der Waals surface area contributed by atoms with Crippen molar-refractivity contribution in [3.05, 3.63) is 59.1 Å². The predicted molar refractivity (Wildman–Crippen MR) is 85.7 cm³/mol. The smallest absolute Gasteiger partial charge is 0.277 e. The van der Waals surface area contributed by atoms with Gasteiger partial charge in [0.15, 0.2) is 6.61 Å². The Morgan fingerprint density at radius 3 is 2.68 bits per heavy atom. The van der Waals surface area contributed by atoms with Gasteiger partial charge in [-0.1, -0.05) is 23.7 Å². The zero-order valence-corrected chi connectivity index (χ0v) is 12.7. The summed E-state index contributed by atoms with van der Waals surface area (Å²) in [5.41, 5.74) is 3.16. The molecule has 0 unspecified atom stereocenters. The van der Waals surface area contributed by atoms with Gasteiger partial charge < -0.3 is 9.47 Å². The third-order valence-corrected chi connectivity index (χ3v) is 2.97. The van der Waals surface area contributed by atoms with Gasteiger partial charge in [0.2, 0.25) is 0 Å². The molecule has 2 aromatic rings. The number of para-hydroxylation sites is 1. The summed E-state index contributed by atoms with van der Waals surface area (Å²) >= 11 is 5.76. The molecule has 0 spiro atoms. The van der Waals surface area contributed by atoms with Crippen LogP contribution < -0.4 is 14.9 Å². The molecule has 22 heavy (non-hydrogen) atoms. The molecule has 0 saturated carbocycles. The van der Waals surface area contributed by atoms with E-state index in [1.165, 1.54) is 6.21 Å². The van der Waals surface area contributed by atoms with E-state index < -0.39 is 0 Å². The zero-order valence-electron chi connectivity index (χ0n) is 12.0. The summed E-state index contributed by atoms with van der Waals surface area (Å²) in [6.45, 7) is -0.134. The molecule has 0 aromatic heterocycles. The van der Waals surface area contributed by atoms with Gasteiger partial charge in [0.25, 0.3) is 5.91 Å². The molecule has 0 bridgehead atoms. The number of nitrogens with zero attached hydrogens (tertiary/aromatic N) is 1. The number of amides is 1. The molecule has 0 atom stereocenters. The van der Waals surface area contributed by atoms with Crippen LogP contribution in [0.4, 0.5) is 0 Å². The highest BCUT2D eigenvalue weighted by Gasteiger charge is 2.02. The number of hydrogen-bond acceptors (Lipinski definition) is 4. The van der Waals surface area contributed by atoms with Crippen LogP contribution in [-0.4, -0.2) is 25.8 Å². The van der Waals surface area contributed by atoms with Crippen LogP contribution in [0.15, 0.2) is 53.6 Å². The second-order valence-corrected chi connectivity index (χ2v) is 4.71. The average Bonchev–Trinajstić information content (AvgIpc) is 2.55. The number of rotatable bonds is 6. The van der Waals surface area contributed by atoms with E-state index in [9.17, 15) is 4.79 Å². The van der Waals surface area contributed by atoms with Crippen LogP contribution in [0, 0.1) is 0 Å². The maximum atomic E-state index is 11.6. The van der Waals surface area contributed by atoms with Crippen molar-refractivity contribution in [3.63, 3.8) is 0 Å². The molecule has 0 heterocycles. The maximum Gasteiger partial charge on any atom is 0.277 e. The van der Waals surface area contributed by atoms with Crippen molar-refractivity contribution >= 4 is 23.7 Å². The van der Waals surface area contributed by atoms with E-state index >= 15 is 0 Å². The molecule has 5 nitrogen and oxygen atoms in total. The van der Waals surface area contributed by atoms with E-state index in [2.05, 4.69) is 10.5 Å². The van der Waals surface area contributed by atoms with Crippen molar-refractivity contribution in [2.75, 3.05) is 13.7 Å². The Morgan fingerprint density at radius 1 is 1.23 bits per heavy atom. The van der Waals surface area contributed by atoms with Gasteiger partial charge in [0.1, 0.15) is 11.5 Å². The first-order valence-electron chi connectivity index (χ1n) is 6.52. The van der Waals surface area contributed by atoms with Gasteiger partial charge in [-0.15, -0.1) is 0 Å². The van der Waals surface area contributed by atoms with E-state index in [1.807, 2.05) is 24.3 Å². The molecule has 0 fully saturated rings. The van der Waals surface area contributed by atoms with E-state index in [0.29, 0.717) is 16.5 Å². The van der Waals surface area contributed by atoms with Crippen molar-refractivity contribution in [2.45, 2.75) is 0 Å². The number of halogens is 1. The fraction of sp³-hybridized carbons (Fsp3) is 0.125. The van der Waals surface area contributed by atoms with Crippen molar-refractivity contribution in [3.8, 4) is 11.5 Å². The summed E-state index contributed by atoms with van der Waals surface area (Å²) in [4.78, 5) is 11.6. The van der Waals surface area contributed by atoms with Gasteiger partial charge in [-0.3, -0.25) is 4.79 Å². The maximum absolute atomic E-state index is 11.6. The summed E-state index contributed by atoms with van der Waals surface area (Å²) in [7, 11) is 1.57. The summed E-state index contributed by atoms with van der Waals surface area (Å²) in [6.07, 6.45) is 1.51. The number of methoxy groups -OCH3 is 1. The van der Waals surface area contributed by atoms with Gasteiger partial charge in [0.05, 0.1) is 13.3 Å². The second kappa shape index (κ2) is 8.05. The lowest BCUT2D eigenvalue weighted by Crippen LogP contribution is -2.24. The molecule has 0 aliphatic carbocycles. The van der Waals surface area contributed by atoms with Gasteiger partial charge in [-0.25, -0.2) is 5.43 Å². The monoisotopic (exact) mass is 318 g/mol. The van der Waals surface area contributed by atoms with E-state index in [4.69, 9.17) is 21.1 Å². The van der Waals surface area contributed by atoms with Crippen molar-refractivity contribution in [1.82, 2.24) is 5.43 Å². The minimum atomic E-state index is -0.360. The van der Waals surface area contributed by atoms with Crippen LogP contribution in [0.25, 0.3) is 0 Å². The van der Waals surface area contributed by atoms with Crippen LogP contribution in [-0.2, 0) is 4.79 Å². The second-order valence-electron chi connectivity index (χ2n) is 4.28. The molecule has 2 aromatic carbocycles. The van der Waals surface area contributed by atoms with Crippen LogP contribution in [0.2, 0.25) is 5.02 Å². The predicted octanol–water partition coefficient (Wildman–Crippen LogP) is 2.88. The molecule has 0 saturated heterocycles. The molecule has 1 amide bonds. The minimum Gasteiger partial charge on any atom is -0.496 e. The van der Waals surface area contributed by atoms with Gasteiger partial charge in [-0.05, 0) is 36.4 Å². The first kappa shape index (κ1) is 15.9. The Kier molecular flexibility index (Phi) is 5.80. The summed E-state index contributed by atoms with van der Waals surface area (Å²) in [6, 6.07) is 14.1. The highest BCUT2D eigenvalue weighted by Crippen LogP contribution is 2.15. The van der Waals surface area contributed by atoms with Crippen molar-refractivity contribution < 1.29 is 14.3 Å². The van der Waals surface area contributed by atoms with Gasteiger partial charge in [-0.2, -0.15) is 5.10 Å². The van der Waals surface area contributed by atoms with E-state index in [-0.39, 0.29) is 12.5 Å². The Balaban J connectivity index is 1.82. The summed E-state index contributed by atoms with van der Waals surface area (Å²) in [5, 5.41) is 4.48. The first-order valence-corrected chi connectivity index (χ1v) is 6.90. The fourth-order valence-corrected chi connectivity index (χ4v) is 1.78. The molecule has 1 N–H and O–H groups in total. The summed E-state index contributed by atoms with van der Waals surface area (Å²) in [5.74, 6) is 0.882. The Morgan fingerprint density at radius 2 is 1.95 bits per heavy atom. The van der Waals surface area contributed by atoms with Crippen molar-refractivity contribution in [2.24, 2.45) is 5.10 Å². The number of carbonyl (C=O) groups excluding carboxylic acids is 1. The lowest BCUT2D eigenvalue weighted by molar-refractivity contribution is -0.123. The largest absolute Gasteiger partial charge is 0.496 e. The third kappa shape index (κ3) is 4.79. The zero-order chi connectivity index (χ0) is 15.8. The molecular weight excluding hydrogens is 304 g/mol. The Labute approximate surface area is 133 Å². The summed E-state index contributed by atoms with van der Waals surface area (Å²) < 4.78 is 10.5. The average molecular weight is 319 g/mol. The van der Waals surface area contributed by atoms with Gasteiger partial charge >= 0.3 is 0 Å². The number of hydrazone groups is 1. The van der Waals surface area contributed by atoms with Gasteiger partial charge in [0, 0.05) is 10.6 Å². The van der Waals surface area contributed by atoms with Crippen LogP contribution >= 0.6 is 11.6 Å². The lowest BCUT2D eigenvalue weighted by Gasteiger charge is -2.05. The molecule has 114 valence electrons. The molecule has 2 rings (SSSR count). The molecular formula is C16H15ClN2O3. The van der Waals surface area contributed by atoms with Crippen LogP contribution in [0.3, 0.4) is 0 Å². The lowest BCUT2D eigenvalue weighted by atomic mass is 10.2. The van der Waals surface area contributed by atoms with Crippen molar-refractivity contribution in [1.29, 1.82) is 0 Å². The van der Waals surface area contributed by atoms with Crippen LogP contribution in [0.5, 0.6) is 11.5 Å². The standard InChI is InChI=1S/C16H15ClN2O3/c1-21-15-5-3-2-4-12(15)10-18-19-16(20)11-22-14-8-6-13(17)7-9-14/h2-10H,11H2,1H3,(H,19,20). The quantitative estimate of drug-likeness (QED) is 0.658. The first-order chi connectivity index (χ1) is 10.7. The number of carbonyl (C=O) groups is 1. The molecule has 0 aliphatic rings. The molecule has 0 radical (unpaired) electrons. The minimum absolute atomic E-state index is 0.134. The number of ether oxygens (including phenoxy) is 2. The molecule has 6 heteroatoms. The Bertz CT molecular complexity index is 657. The SMILES string of the molecule is COc1ccccc1C=NNC(=O)COc1ccc(Cl)cc1. The Hall–Kier alpha value is -2.53. The highest BCUT2D eigenvalue weighted by atomic mass is 35.5. The normalized spacial score (nSPS) is 10.5. The number of hydrogen-bond donors (Lipinski definition) is 1.